The van der Waals surface area contributed by atoms with Crippen LogP contribution < -0.4 is 4.74 Å². The molecule has 0 saturated carbocycles. The van der Waals surface area contributed by atoms with Gasteiger partial charge in [-0.05, 0) is 25.1 Å². The van der Waals surface area contributed by atoms with Gasteiger partial charge in [0.2, 0.25) is 0 Å². The summed E-state index contributed by atoms with van der Waals surface area (Å²) in [5.74, 6) is -0.836. The first kappa shape index (κ1) is 13.3. The number of ether oxygens (including phenoxy) is 2. The highest BCUT2D eigenvalue weighted by Gasteiger charge is 2.32. The second kappa shape index (κ2) is 4.49. The summed E-state index contributed by atoms with van der Waals surface area (Å²) in [5.41, 5.74) is 0.0474. The van der Waals surface area contributed by atoms with Crippen molar-refractivity contribution in [3.05, 3.63) is 29.5 Å². The number of halogens is 3. The average Bonchev–Trinajstić information content (AvgIpc) is 2.65. The van der Waals surface area contributed by atoms with E-state index in [0.717, 1.165) is 19.2 Å². The predicted octanol–water partition coefficient (Wildman–Crippen LogP) is 3.43. The molecule has 2 rings (SSSR count). The first-order valence-corrected chi connectivity index (χ1v) is 5.18. The van der Waals surface area contributed by atoms with Crippen molar-refractivity contribution in [1.82, 2.24) is 0 Å². The minimum absolute atomic E-state index is 0.118. The maximum atomic E-state index is 12.2. The molecule has 0 saturated heterocycles. The molecule has 102 valence electrons. The Balaban J connectivity index is 2.59. The molecule has 1 heterocycles. The molecule has 0 aliphatic heterocycles. The summed E-state index contributed by atoms with van der Waals surface area (Å²) >= 11 is 0. The largest absolute Gasteiger partial charge is 0.573 e. The summed E-state index contributed by atoms with van der Waals surface area (Å²) in [6, 6.07) is 3.58. The number of hydrogen-bond acceptors (Lipinski definition) is 4. The second-order valence-electron chi connectivity index (χ2n) is 3.79. The molecule has 0 fully saturated rings. The van der Waals surface area contributed by atoms with Crippen molar-refractivity contribution < 1.29 is 31.9 Å². The summed E-state index contributed by atoms with van der Waals surface area (Å²) in [4.78, 5) is 11.5. The number of alkyl halides is 3. The smallest absolute Gasteiger partial charge is 0.465 e. The Kier molecular flexibility index (Phi) is 3.13. The van der Waals surface area contributed by atoms with E-state index in [0.29, 0.717) is 11.1 Å². The van der Waals surface area contributed by atoms with Gasteiger partial charge in [-0.25, -0.2) is 4.79 Å². The van der Waals surface area contributed by atoms with Crippen LogP contribution in [0.3, 0.4) is 0 Å². The standard InChI is InChI=1S/C12H9F3O4/c1-6-3-7-4-8(19-12(13,14)15)5-9(10(7)18-6)11(16)17-2/h3-5H,1-2H3. The van der Waals surface area contributed by atoms with Crippen LogP contribution in [0.15, 0.2) is 22.6 Å². The number of methoxy groups -OCH3 is 1. The van der Waals surface area contributed by atoms with E-state index < -0.39 is 18.1 Å². The number of carbonyl (C=O) groups excluding carboxylic acids is 1. The van der Waals surface area contributed by atoms with E-state index in [2.05, 4.69) is 9.47 Å². The van der Waals surface area contributed by atoms with E-state index in [9.17, 15) is 18.0 Å². The van der Waals surface area contributed by atoms with Crippen molar-refractivity contribution in [2.24, 2.45) is 0 Å². The zero-order valence-electron chi connectivity index (χ0n) is 10.00. The van der Waals surface area contributed by atoms with Gasteiger partial charge < -0.3 is 13.9 Å². The van der Waals surface area contributed by atoms with Gasteiger partial charge in [0.05, 0.1) is 7.11 Å². The summed E-state index contributed by atoms with van der Waals surface area (Å²) in [5, 5.41) is 0.333. The molecule has 2 aromatic rings. The third-order valence-electron chi connectivity index (χ3n) is 2.35. The van der Waals surface area contributed by atoms with Crippen LogP contribution in [0.5, 0.6) is 5.75 Å². The van der Waals surface area contributed by atoms with E-state index in [-0.39, 0.29) is 11.1 Å². The van der Waals surface area contributed by atoms with Crippen LogP contribution in [0, 0.1) is 6.92 Å². The van der Waals surface area contributed by atoms with Gasteiger partial charge >= 0.3 is 12.3 Å². The van der Waals surface area contributed by atoms with Crippen LogP contribution in [-0.4, -0.2) is 19.4 Å². The lowest BCUT2D eigenvalue weighted by atomic mass is 10.1. The average molecular weight is 274 g/mol. The third kappa shape index (κ3) is 2.81. The highest BCUT2D eigenvalue weighted by atomic mass is 19.4. The molecule has 7 heteroatoms. The van der Waals surface area contributed by atoms with Crippen LogP contribution in [0.25, 0.3) is 11.0 Å². The maximum absolute atomic E-state index is 12.2. The minimum Gasteiger partial charge on any atom is -0.465 e. The topological polar surface area (TPSA) is 48.7 Å². The Hall–Kier alpha value is -2.18. The molecule has 4 nitrogen and oxygen atoms in total. The summed E-state index contributed by atoms with van der Waals surface area (Å²) in [6.45, 7) is 1.62. The number of rotatable bonds is 2. The molecular weight excluding hydrogens is 265 g/mol. The molecule has 0 radical (unpaired) electrons. The molecule has 0 aliphatic carbocycles. The number of esters is 1. The molecule has 0 bridgehead atoms. The molecular formula is C12H9F3O4. The van der Waals surface area contributed by atoms with Gasteiger partial charge in [-0.2, -0.15) is 0 Å². The Morgan fingerprint density at radius 2 is 1.95 bits per heavy atom. The minimum atomic E-state index is -4.83. The first-order valence-electron chi connectivity index (χ1n) is 5.18. The Morgan fingerprint density at radius 3 is 2.53 bits per heavy atom. The van der Waals surface area contributed by atoms with Crippen LogP contribution in [0.1, 0.15) is 16.1 Å². The first-order chi connectivity index (χ1) is 8.80. The monoisotopic (exact) mass is 274 g/mol. The quantitative estimate of drug-likeness (QED) is 0.787. The van der Waals surface area contributed by atoms with E-state index in [1.807, 2.05) is 0 Å². The van der Waals surface area contributed by atoms with Crippen LogP contribution >= 0.6 is 0 Å². The Bertz CT molecular complexity index is 628. The van der Waals surface area contributed by atoms with E-state index in [1.165, 1.54) is 6.07 Å². The molecule has 0 aliphatic rings. The normalized spacial score (nSPS) is 11.6. The van der Waals surface area contributed by atoms with Gasteiger partial charge in [-0.15, -0.1) is 13.2 Å². The van der Waals surface area contributed by atoms with Crippen molar-refractivity contribution in [2.45, 2.75) is 13.3 Å². The van der Waals surface area contributed by atoms with Gasteiger partial charge in [0.1, 0.15) is 22.7 Å². The number of benzene rings is 1. The zero-order chi connectivity index (χ0) is 14.2. The van der Waals surface area contributed by atoms with E-state index in [1.54, 1.807) is 6.92 Å². The number of furan rings is 1. The lowest BCUT2D eigenvalue weighted by molar-refractivity contribution is -0.274. The highest BCUT2D eigenvalue weighted by Crippen LogP contribution is 2.31. The second-order valence-corrected chi connectivity index (χ2v) is 3.79. The van der Waals surface area contributed by atoms with Crippen LogP contribution in [0.2, 0.25) is 0 Å². The molecule has 1 aromatic heterocycles. The van der Waals surface area contributed by atoms with Crippen molar-refractivity contribution >= 4 is 16.9 Å². The van der Waals surface area contributed by atoms with Crippen molar-refractivity contribution in [2.75, 3.05) is 7.11 Å². The van der Waals surface area contributed by atoms with Gasteiger partial charge in [0.25, 0.3) is 0 Å². The van der Waals surface area contributed by atoms with Crippen LogP contribution in [-0.2, 0) is 4.74 Å². The molecule has 0 amide bonds. The Labute approximate surface area is 105 Å². The molecule has 0 atom stereocenters. The van der Waals surface area contributed by atoms with Crippen molar-refractivity contribution in [3.8, 4) is 5.75 Å². The molecule has 0 unspecified atom stereocenters. The molecule has 0 N–H and O–H groups in total. The van der Waals surface area contributed by atoms with Crippen molar-refractivity contribution in [3.63, 3.8) is 0 Å². The highest BCUT2D eigenvalue weighted by molar-refractivity contribution is 6.02. The van der Waals surface area contributed by atoms with Gasteiger partial charge in [-0.1, -0.05) is 0 Å². The van der Waals surface area contributed by atoms with Crippen molar-refractivity contribution in [1.29, 1.82) is 0 Å². The van der Waals surface area contributed by atoms with Gasteiger partial charge in [-0.3, -0.25) is 0 Å². The number of aryl methyl sites for hydroxylation is 1. The summed E-state index contributed by atoms with van der Waals surface area (Å²) in [6.07, 6.45) is -4.83. The number of hydrogen-bond donors (Lipinski definition) is 0. The molecule has 0 spiro atoms. The molecule has 19 heavy (non-hydrogen) atoms. The lowest BCUT2D eigenvalue weighted by Crippen LogP contribution is -2.17. The van der Waals surface area contributed by atoms with Gasteiger partial charge in [0, 0.05) is 5.39 Å². The van der Waals surface area contributed by atoms with E-state index >= 15 is 0 Å². The maximum Gasteiger partial charge on any atom is 0.573 e. The third-order valence-corrected chi connectivity index (χ3v) is 2.35. The summed E-state index contributed by atoms with van der Waals surface area (Å²) < 4.78 is 50.2. The Morgan fingerprint density at radius 1 is 1.26 bits per heavy atom. The molecule has 1 aromatic carbocycles. The van der Waals surface area contributed by atoms with Crippen LogP contribution in [0.4, 0.5) is 13.2 Å². The van der Waals surface area contributed by atoms with E-state index in [4.69, 9.17) is 4.42 Å². The zero-order valence-corrected chi connectivity index (χ0v) is 10.00. The fourth-order valence-corrected chi connectivity index (χ4v) is 1.71. The van der Waals surface area contributed by atoms with Gasteiger partial charge in [0.15, 0.2) is 0 Å². The number of fused-ring (bicyclic) bond motifs is 1. The predicted molar refractivity (Wildman–Crippen MR) is 59.0 cm³/mol. The fraction of sp³-hybridized carbons (Fsp3) is 0.250. The lowest BCUT2D eigenvalue weighted by Gasteiger charge is -2.10. The summed E-state index contributed by atoms with van der Waals surface area (Å²) in [7, 11) is 1.13. The number of carbonyl (C=O) groups is 1. The SMILES string of the molecule is COC(=O)c1cc(OC(F)(F)F)cc2cc(C)oc12. The fourth-order valence-electron chi connectivity index (χ4n) is 1.71.